The number of carbonyl (C=O) groups is 2. The molecular formula is C14H15ClN2O4. The van der Waals surface area contributed by atoms with Gasteiger partial charge < -0.3 is 14.8 Å². The van der Waals surface area contributed by atoms with Crippen molar-refractivity contribution in [3.8, 4) is 11.5 Å². The van der Waals surface area contributed by atoms with Crippen LogP contribution in [-0.2, 0) is 4.79 Å². The van der Waals surface area contributed by atoms with Crippen LogP contribution in [0.2, 0.25) is 5.02 Å². The molecule has 1 saturated heterocycles. The van der Waals surface area contributed by atoms with Gasteiger partial charge in [0.15, 0.2) is 11.5 Å². The summed E-state index contributed by atoms with van der Waals surface area (Å²) in [7, 11) is 1.51. The number of benzene rings is 1. The molecule has 112 valence electrons. The van der Waals surface area contributed by atoms with Crippen LogP contribution < -0.4 is 20.1 Å². The summed E-state index contributed by atoms with van der Waals surface area (Å²) in [5.74, 6) is 0.442. The third-order valence-electron chi connectivity index (χ3n) is 2.73. The third-order valence-corrected chi connectivity index (χ3v) is 3.01. The van der Waals surface area contributed by atoms with E-state index in [4.69, 9.17) is 21.1 Å². The highest BCUT2D eigenvalue weighted by Crippen LogP contribution is 2.37. The maximum atomic E-state index is 11.5. The second kappa shape index (κ2) is 6.49. The Kier molecular flexibility index (Phi) is 4.70. The molecule has 1 aromatic carbocycles. The average molecular weight is 311 g/mol. The van der Waals surface area contributed by atoms with E-state index in [0.717, 1.165) is 6.42 Å². The molecule has 2 N–H and O–H groups in total. The van der Waals surface area contributed by atoms with Gasteiger partial charge in [-0.25, -0.2) is 4.79 Å². The number of rotatable bonds is 5. The molecule has 0 atom stereocenters. The van der Waals surface area contributed by atoms with Crippen molar-refractivity contribution in [1.29, 1.82) is 0 Å². The third kappa shape index (κ3) is 3.46. The molecule has 0 saturated carbocycles. The molecule has 3 amide bonds. The molecule has 1 aliphatic heterocycles. The number of halogens is 1. The Morgan fingerprint density at radius 2 is 2.05 bits per heavy atom. The van der Waals surface area contributed by atoms with E-state index in [2.05, 4.69) is 10.6 Å². The molecule has 1 aliphatic rings. The van der Waals surface area contributed by atoms with Crippen LogP contribution in [0.1, 0.15) is 18.9 Å². The van der Waals surface area contributed by atoms with Crippen molar-refractivity contribution >= 4 is 29.6 Å². The van der Waals surface area contributed by atoms with E-state index in [9.17, 15) is 9.59 Å². The lowest BCUT2D eigenvalue weighted by Gasteiger charge is -2.12. The van der Waals surface area contributed by atoms with Gasteiger partial charge in [0, 0.05) is 0 Å². The van der Waals surface area contributed by atoms with Crippen LogP contribution in [0.4, 0.5) is 4.79 Å². The van der Waals surface area contributed by atoms with E-state index in [1.807, 2.05) is 6.92 Å². The van der Waals surface area contributed by atoms with Crippen LogP contribution >= 0.6 is 11.6 Å². The fraction of sp³-hybridized carbons (Fsp3) is 0.286. The fourth-order valence-corrected chi connectivity index (χ4v) is 2.09. The summed E-state index contributed by atoms with van der Waals surface area (Å²) in [6.07, 6.45) is 2.36. The minimum atomic E-state index is -0.549. The molecule has 0 unspecified atom stereocenters. The second-order valence-corrected chi connectivity index (χ2v) is 4.76. The Morgan fingerprint density at radius 1 is 1.29 bits per heavy atom. The molecule has 1 heterocycles. The van der Waals surface area contributed by atoms with Crippen molar-refractivity contribution in [2.75, 3.05) is 13.7 Å². The summed E-state index contributed by atoms with van der Waals surface area (Å²) >= 11 is 6.18. The molecule has 1 aromatic rings. The van der Waals surface area contributed by atoms with Gasteiger partial charge >= 0.3 is 6.03 Å². The quantitative estimate of drug-likeness (QED) is 0.646. The normalized spacial score (nSPS) is 15.9. The fourth-order valence-electron chi connectivity index (χ4n) is 1.82. The van der Waals surface area contributed by atoms with Gasteiger partial charge in [-0.05, 0) is 30.2 Å². The number of ether oxygens (including phenoxy) is 2. The highest BCUT2D eigenvalue weighted by atomic mass is 35.5. The van der Waals surface area contributed by atoms with Crippen molar-refractivity contribution in [3.05, 3.63) is 28.4 Å². The molecule has 0 aromatic heterocycles. The number of hydrogen-bond donors (Lipinski definition) is 2. The number of methoxy groups -OCH3 is 1. The molecule has 0 aliphatic carbocycles. The zero-order valence-electron chi connectivity index (χ0n) is 11.7. The van der Waals surface area contributed by atoms with Crippen molar-refractivity contribution in [2.45, 2.75) is 13.3 Å². The minimum absolute atomic E-state index is 0.153. The lowest BCUT2D eigenvalue weighted by Crippen LogP contribution is -2.22. The maximum absolute atomic E-state index is 11.5. The van der Waals surface area contributed by atoms with Gasteiger partial charge in [-0.1, -0.05) is 18.5 Å². The lowest BCUT2D eigenvalue weighted by atomic mass is 10.1. The average Bonchev–Trinajstić information content (AvgIpc) is 2.75. The van der Waals surface area contributed by atoms with Gasteiger partial charge in [0.1, 0.15) is 5.70 Å². The van der Waals surface area contributed by atoms with Crippen molar-refractivity contribution < 1.29 is 19.1 Å². The predicted octanol–water partition coefficient (Wildman–Crippen LogP) is 2.32. The highest BCUT2D eigenvalue weighted by molar-refractivity contribution is 6.32. The predicted molar refractivity (Wildman–Crippen MR) is 78.4 cm³/mol. The van der Waals surface area contributed by atoms with E-state index in [-0.39, 0.29) is 5.70 Å². The largest absolute Gasteiger partial charge is 0.493 e. The van der Waals surface area contributed by atoms with Gasteiger partial charge in [-0.3, -0.25) is 10.1 Å². The standard InChI is InChI=1S/C14H15ClN2O4/c1-3-4-21-12-9(15)5-8(7-11(12)20-2)6-10-13(18)17-14(19)16-10/h5-7H,3-4H2,1-2H3,(H2,16,17,18,19)/b10-6+. The smallest absolute Gasteiger partial charge is 0.326 e. The molecule has 0 radical (unpaired) electrons. The number of imide groups is 1. The molecule has 0 spiro atoms. The Labute approximate surface area is 127 Å². The van der Waals surface area contributed by atoms with Gasteiger partial charge in [0.25, 0.3) is 5.91 Å². The van der Waals surface area contributed by atoms with E-state index < -0.39 is 11.9 Å². The first kappa shape index (κ1) is 15.2. The summed E-state index contributed by atoms with van der Waals surface area (Å²) in [5.41, 5.74) is 0.772. The zero-order chi connectivity index (χ0) is 15.4. The van der Waals surface area contributed by atoms with Crippen LogP contribution in [0.15, 0.2) is 17.8 Å². The zero-order valence-corrected chi connectivity index (χ0v) is 12.4. The van der Waals surface area contributed by atoms with Gasteiger partial charge in [0.2, 0.25) is 0 Å². The first-order valence-corrected chi connectivity index (χ1v) is 6.77. The Balaban J connectivity index is 2.34. The summed E-state index contributed by atoms with van der Waals surface area (Å²) in [5, 5.41) is 4.90. The summed E-state index contributed by atoms with van der Waals surface area (Å²) in [6.45, 7) is 2.51. The van der Waals surface area contributed by atoms with Gasteiger partial charge in [0.05, 0.1) is 18.7 Å². The van der Waals surface area contributed by atoms with E-state index in [1.165, 1.54) is 13.2 Å². The van der Waals surface area contributed by atoms with Crippen molar-refractivity contribution in [1.82, 2.24) is 10.6 Å². The van der Waals surface area contributed by atoms with Crippen LogP contribution in [0, 0.1) is 0 Å². The first-order chi connectivity index (χ1) is 10.0. The molecule has 0 bridgehead atoms. The topological polar surface area (TPSA) is 76.7 Å². The number of urea groups is 1. The Hall–Kier alpha value is -2.21. The molecule has 1 fully saturated rings. The second-order valence-electron chi connectivity index (χ2n) is 4.35. The number of amides is 3. The monoisotopic (exact) mass is 310 g/mol. The number of carbonyl (C=O) groups excluding carboxylic acids is 2. The maximum Gasteiger partial charge on any atom is 0.326 e. The summed E-state index contributed by atoms with van der Waals surface area (Å²) < 4.78 is 10.8. The Morgan fingerprint density at radius 3 is 2.62 bits per heavy atom. The molecular weight excluding hydrogens is 296 g/mol. The molecule has 21 heavy (non-hydrogen) atoms. The van der Waals surface area contributed by atoms with Crippen molar-refractivity contribution in [3.63, 3.8) is 0 Å². The molecule has 6 nitrogen and oxygen atoms in total. The molecule has 7 heteroatoms. The van der Waals surface area contributed by atoms with Crippen LogP contribution in [0.5, 0.6) is 11.5 Å². The number of nitrogens with one attached hydrogen (secondary N) is 2. The summed E-state index contributed by atoms with van der Waals surface area (Å²) in [4.78, 5) is 22.5. The number of hydrogen-bond acceptors (Lipinski definition) is 4. The first-order valence-electron chi connectivity index (χ1n) is 6.39. The van der Waals surface area contributed by atoms with E-state index in [0.29, 0.717) is 28.7 Å². The van der Waals surface area contributed by atoms with Gasteiger partial charge in [-0.2, -0.15) is 0 Å². The highest BCUT2D eigenvalue weighted by Gasteiger charge is 2.23. The molecule has 2 rings (SSSR count). The van der Waals surface area contributed by atoms with E-state index in [1.54, 1.807) is 12.1 Å². The SMILES string of the molecule is CCCOc1c(Cl)cc(/C=C2/NC(=O)NC2=O)cc1OC. The Bertz CT molecular complexity index is 613. The lowest BCUT2D eigenvalue weighted by molar-refractivity contribution is -0.115. The van der Waals surface area contributed by atoms with Crippen LogP contribution in [0.3, 0.4) is 0 Å². The summed E-state index contributed by atoms with van der Waals surface area (Å²) in [6, 6.07) is 2.77. The van der Waals surface area contributed by atoms with Gasteiger partial charge in [-0.15, -0.1) is 0 Å². The van der Waals surface area contributed by atoms with Crippen LogP contribution in [0.25, 0.3) is 6.08 Å². The van der Waals surface area contributed by atoms with Crippen molar-refractivity contribution in [2.24, 2.45) is 0 Å². The van der Waals surface area contributed by atoms with Crippen LogP contribution in [-0.4, -0.2) is 25.7 Å². The minimum Gasteiger partial charge on any atom is -0.493 e. The van der Waals surface area contributed by atoms with E-state index >= 15 is 0 Å².